The van der Waals surface area contributed by atoms with Crippen LogP contribution in [0.1, 0.15) is 48.5 Å². The lowest BCUT2D eigenvalue weighted by atomic mass is 9.89. The molecule has 3 aromatic carbocycles. The third-order valence-corrected chi connectivity index (χ3v) is 4.92. The smallest absolute Gasteiger partial charge is 0.186 e. The number of aryl methyl sites for hydroxylation is 2. The highest BCUT2D eigenvalue weighted by molar-refractivity contribution is 6.14. The summed E-state index contributed by atoms with van der Waals surface area (Å²) in [5.74, 6) is -0.185. The van der Waals surface area contributed by atoms with E-state index in [-0.39, 0.29) is 11.6 Å². The molecule has 0 heterocycles. The van der Waals surface area contributed by atoms with Crippen molar-refractivity contribution in [3.8, 4) is 0 Å². The summed E-state index contributed by atoms with van der Waals surface area (Å²) < 4.78 is 0. The van der Waals surface area contributed by atoms with Crippen molar-refractivity contribution in [1.29, 1.82) is 0 Å². The summed E-state index contributed by atoms with van der Waals surface area (Å²) in [7, 11) is 0. The molecule has 0 atom stereocenters. The molecule has 0 bridgehead atoms. The summed E-state index contributed by atoms with van der Waals surface area (Å²) in [5, 5.41) is 0. The Bertz CT molecular complexity index is 1000. The van der Waals surface area contributed by atoms with Crippen LogP contribution in [-0.2, 0) is 0 Å². The highest BCUT2D eigenvalue weighted by Gasteiger charge is 2.18. The van der Waals surface area contributed by atoms with Crippen molar-refractivity contribution in [2.24, 2.45) is 0 Å². The minimum atomic E-state index is -0.0926. The molecule has 0 saturated heterocycles. The number of carbonyl (C=O) groups excluding carboxylic acids is 2. The van der Waals surface area contributed by atoms with Crippen molar-refractivity contribution < 1.29 is 9.59 Å². The Balaban J connectivity index is 1.93. The summed E-state index contributed by atoms with van der Waals surface area (Å²) in [5.41, 5.74) is 5.61. The van der Waals surface area contributed by atoms with E-state index in [1.807, 2.05) is 87.5 Å². The molecule has 0 aliphatic carbocycles. The topological polar surface area (TPSA) is 34.1 Å². The fraction of sp³-hybridized carbons (Fsp3) is 0.111. The molecule has 2 nitrogen and oxygen atoms in total. The maximum atomic E-state index is 12.9. The van der Waals surface area contributed by atoms with Crippen molar-refractivity contribution in [1.82, 2.24) is 0 Å². The van der Waals surface area contributed by atoms with Crippen LogP contribution >= 0.6 is 0 Å². The van der Waals surface area contributed by atoms with E-state index in [2.05, 4.69) is 0 Å². The van der Waals surface area contributed by atoms with Gasteiger partial charge < -0.3 is 0 Å². The molecular formula is C27H24O2. The number of ketones is 2. The van der Waals surface area contributed by atoms with E-state index in [9.17, 15) is 9.59 Å². The Labute approximate surface area is 172 Å². The predicted molar refractivity (Wildman–Crippen MR) is 120 cm³/mol. The van der Waals surface area contributed by atoms with Gasteiger partial charge in [0.05, 0.1) is 0 Å². The third kappa shape index (κ3) is 4.85. The lowest BCUT2D eigenvalue weighted by molar-refractivity contribution is 0.104. The Morgan fingerprint density at radius 2 is 1.00 bits per heavy atom. The third-order valence-electron chi connectivity index (χ3n) is 4.92. The van der Waals surface area contributed by atoms with Crippen LogP contribution in [0.3, 0.4) is 0 Å². The van der Waals surface area contributed by atoms with Crippen molar-refractivity contribution in [3.63, 3.8) is 0 Å². The molecule has 29 heavy (non-hydrogen) atoms. The second-order valence-electron chi connectivity index (χ2n) is 7.10. The normalized spacial score (nSPS) is 11.3. The fourth-order valence-electron chi connectivity index (χ4n) is 3.58. The van der Waals surface area contributed by atoms with E-state index in [4.69, 9.17) is 0 Å². The average Bonchev–Trinajstić information content (AvgIpc) is 2.72. The Hall–Kier alpha value is -3.52. The van der Waals surface area contributed by atoms with Crippen molar-refractivity contribution in [2.45, 2.75) is 20.8 Å². The summed E-state index contributed by atoms with van der Waals surface area (Å²) in [6, 6.07) is 21.3. The number of hydrogen-bond acceptors (Lipinski definition) is 2. The number of hydrogen-bond donors (Lipinski definition) is 0. The largest absolute Gasteiger partial charge is 0.289 e. The van der Waals surface area contributed by atoms with E-state index in [1.54, 1.807) is 24.3 Å². The van der Waals surface area contributed by atoms with Gasteiger partial charge in [0.15, 0.2) is 11.6 Å². The first kappa shape index (κ1) is 20.2. The zero-order valence-corrected chi connectivity index (χ0v) is 17.0. The maximum absolute atomic E-state index is 12.9. The van der Waals surface area contributed by atoms with Crippen molar-refractivity contribution in [3.05, 3.63) is 118 Å². The van der Waals surface area contributed by atoms with E-state index >= 15 is 0 Å². The van der Waals surface area contributed by atoms with Gasteiger partial charge in [0.25, 0.3) is 0 Å². The molecule has 0 N–H and O–H groups in total. The Kier molecular flexibility index (Phi) is 6.36. The van der Waals surface area contributed by atoms with Crippen LogP contribution in [0, 0.1) is 20.8 Å². The molecule has 0 aliphatic rings. The molecule has 0 spiro atoms. The van der Waals surface area contributed by atoms with Crippen LogP contribution in [0.2, 0.25) is 0 Å². The van der Waals surface area contributed by atoms with Gasteiger partial charge in [0.1, 0.15) is 0 Å². The van der Waals surface area contributed by atoms with Gasteiger partial charge in [-0.05, 0) is 60.7 Å². The van der Waals surface area contributed by atoms with E-state index in [0.717, 1.165) is 27.8 Å². The summed E-state index contributed by atoms with van der Waals surface area (Å²) in [6.07, 6.45) is 6.76. The van der Waals surface area contributed by atoms with Crippen LogP contribution in [-0.4, -0.2) is 11.6 Å². The highest BCUT2D eigenvalue weighted by Crippen LogP contribution is 2.24. The zero-order valence-electron chi connectivity index (χ0n) is 17.0. The van der Waals surface area contributed by atoms with Gasteiger partial charge in [0, 0.05) is 11.1 Å². The van der Waals surface area contributed by atoms with E-state index in [1.165, 1.54) is 0 Å². The summed E-state index contributed by atoms with van der Waals surface area (Å²) in [6.45, 7) is 5.68. The summed E-state index contributed by atoms with van der Waals surface area (Å²) in [4.78, 5) is 25.8. The second-order valence-corrected chi connectivity index (χ2v) is 7.10. The zero-order chi connectivity index (χ0) is 20.8. The van der Waals surface area contributed by atoms with Crippen LogP contribution in [0.4, 0.5) is 0 Å². The molecular weight excluding hydrogens is 356 g/mol. The first-order chi connectivity index (χ1) is 14.0. The van der Waals surface area contributed by atoms with Crippen LogP contribution in [0.25, 0.3) is 12.2 Å². The molecule has 144 valence electrons. The molecule has 3 rings (SSSR count). The number of rotatable bonds is 6. The molecule has 2 heteroatoms. The standard InChI is InChI=1S/C27H24O2/c1-19-18-20(2)27(25(29)17-15-23-12-8-5-9-13-23)21(3)26(19)24(28)16-14-22-10-6-4-7-11-22/h4-18H,1-3H3/b16-14+,17-15?. The molecule has 0 amide bonds. The summed E-state index contributed by atoms with van der Waals surface area (Å²) >= 11 is 0. The van der Waals surface area contributed by atoms with E-state index in [0.29, 0.717) is 11.1 Å². The minimum absolute atomic E-state index is 0.0926. The van der Waals surface area contributed by atoms with Gasteiger partial charge in [-0.3, -0.25) is 9.59 Å². The molecule has 0 unspecified atom stereocenters. The Morgan fingerprint density at radius 3 is 1.38 bits per heavy atom. The minimum Gasteiger partial charge on any atom is -0.289 e. The Morgan fingerprint density at radius 1 is 0.621 bits per heavy atom. The van der Waals surface area contributed by atoms with E-state index < -0.39 is 0 Å². The molecule has 0 fully saturated rings. The average molecular weight is 380 g/mol. The maximum Gasteiger partial charge on any atom is 0.186 e. The lowest BCUT2D eigenvalue weighted by Crippen LogP contribution is -2.10. The van der Waals surface area contributed by atoms with Gasteiger partial charge in [0.2, 0.25) is 0 Å². The number of benzene rings is 3. The second kappa shape index (κ2) is 9.11. The van der Waals surface area contributed by atoms with Gasteiger partial charge in [-0.25, -0.2) is 0 Å². The number of allylic oxidation sites excluding steroid dienone is 2. The monoisotopic (exact) mass is 380 g/mol. The van der Waals surface area contributed by atoms with Crippen LogP contribution in [0.5, 0.6) is 0 Å². The van der Waals surface area contributed by atoms with Crippen LogP contribution < -0.4 is 0 Å². The van der Waals surface area contributed by atoms with Gasteiger partial charge in [-0.2, -0.15) is 0 Å². The number of carbonyl (C=O) groups is 2. The van der Waals surface area contributed by atoms with Gasteiger partial charge in [-0.15, -0.1) is 0 Å². The van der Waals surface area contributed by atoms with Crippen molar-refractivity contribution >= 4 is 23.7 Å². The molecule has 0 saturated carbocycles. The molecule has 0 aliphatic heterocycles. The quantitative estimate of drug-likeness (QED) is 0.366. The lowest BCUT2D eigenvalue weighted by Gasteiger charge is -2.14. The van der Waals surface area contributed by atoms with Crippen molar-refractivity contribution in [2.75, 3.05) is 0 Å². The van der Waals surface area contributed by atoms with Crippen LogP contribution in [0.15, 0.2) is 78.9 Å². The van der Waals surface area contributed by atoms with Gasteiger partial charge in [-0.1, -0.05) is 78.9 Å². The molecule has 3 aromatic rings. The SMILES string of the molecule is Cc1cc(C)c(C(=O)/C=C/c2ccccc2)c(C)c1C(=O)C=Cc1ccccc1. The first-order valence-corrected chi connectivity index (χ1v) is 9.63. The molecule has 0 aromatic heterocycles. The first-order valence-electron chi connectivity index (χ1n) is 9.63. The predicted octanol–water partition coefficient (Wildman–Crippen LogP) is 6.40. The molecule has 0 radical (unpaired) electrons. The highest BCUT2D eigenvalue weighted by atomic mass is 16.1. The fourth-order valence-corrected chi connectivity index (χ4v) is 3.58. The van der Waals surface area contributed by atoms with Gasteiger partial charge >= 0.3 is 0 Å².